The maximum absolute atomic E-state index is 12.7. The molecule has 1 aliphatic rings. The molecule has 112 valence electrons. The summed E-state index contributed by atoms with van der Waals surface area (Å²) < 4.78 is 38.0. The molecule has 0 aromatic heterocycles. The summed E-state index contributed by atoms with van der Waals surface area (Å²) in [5.41, 5.74) is 5.05. The Kier molecular flexibility index (Phi) is 5.06. The molecule has 0 aromatic carbocycles. The van der Waals surface area contributed by atoms with Gasteiger partial charge in [-0.3, -0.25) is 0 Å². The Morgan fingerprint density at radius 1 is 1.42 bits per heavy atom. The number of oxime groups is 1. The van der Waals surface area contributed by atoms with Crippen LogP contribution in [-0.4, -0.2) is 41.8 Å². The summed E-state index contributed by atoms with van der Waals surface area (Å²) in [4.78, 5) is 1.81. The van der Waals surface area contributed by atoms with E-state index in [1.165, 1.54) is 0 Å². The van der Waals surface area contributed by atoms with E-state index in [0.717, 1.165) is 0 Å². The average Bonchev–Trinajstić information content (AvgIpc) is 2.35. The van der Waals surface area contributed by atoms with Crippen molar-refractivity contribution in [1.29, 1.82) is 0 Å². The van der Waals surface area contributed by atoms with E-state index in [2.05, 4.69) is 5.16 Å². The number of rotatable bonds is 4. The largest absolute Gasteiger partial charge is 0.409 e. The van der Waals surface area contributed by atoms with Crippen LogP contribution in [0.1, 0.15) is 33.1 Å². The smallest absolute Gasteiger partial charge is 0.393 e. The molecule has 0 bridgehead atoms. The standard InChI is InChI=1S/C12H22F3N3O/c1-11(2,10(16)17-19)5-7-18-6-3-4-9(8-18)12(13,14)15/h9,19H,3-8H2,1-2H3,(H2,16,17). The summed E-state index contributed by atoms with van der Waals surface area (Å²) in [6.45, 7) is 4.88. The minimum Gasteiger partial charge on any atom is -0.409 e. The molecule has 7 heteroatoms. The van der Waals surface area contributed by atoms with E-state index >= 15 is 0 Å². The van der Waals surface area contributed by atoms with Crippen molar-refractivity contribution in [3.05, 3.63) is 0 Å². The Morgan fingerprint density at radius 2 is 2.05 bits per heavy atom. The number of hydrogen-bond donors (Lipinski definition) is 2. The van der Waals surface area contributed by atoms with E-state index in [1.807, 2.05) is 18.7 Å². The number of halogens is 3. The Hall–Kier alpha value is -0.980. The molecule has 1 atom stereocenters. The molecule has 1 unspecified atom stereocenters. The quantitative estimate of drug-likeness (QED) is 0.360. The van der Waals surface area contributed by atoms with Gasteiger partial charge in [0.15, 0.2) is 0 Å². The van der Waals surface area contributed by atoms with Gasteiger partial charge in [0.05, 0.1) is 5.92 Å². The van der Waals surface area contributed by atoms with Crippen LogP contribution < -0.4 is 5.73 Å². The molecular weight excluding hydrogens is 259 g/mol. The normalized spacial score (nSPS) is 23.6. The number of alkyl halides is 3. The van der Waals surface area contributed by atoms with Gasteiger partial charge in [-0.05, 0) is 32.4 Å². The van der Waals surface area contributed by atoms with Gasteiger partial charge in [0.25, 0.3) is 0 Å². The van der Waals surface area contributed by atoms with Gasteiger partial charge in [0.1, 0.15) is 5.84 Å². The first-order valence-corrected chi connectivity index (χ1v) is 6.44. The summed E-state index contributed by atoms with van der Waals surface area (Å²) in [6, 6.07) is 0. The van der Waals surface area contributed by atoms with Crippen molar-refractivity contribution < 1.29 is 18.4 Å². The fraction of sp³-hybridized carbons (Fsp3) is 0.917. The summed E-state index contributed by atoms with van der Waals surface area (Å²) in [6.07, 6.45) is -2.77. The minimum absolute atomic E-state index is 0.0513. The van der Waals surface area contributed by atoms with Gasteiger partial charge in [0.2, 0.25) is 0 Å². The predicted octanol–water partition coefficient (Wildman–Crippen LogP) is 2.42. The first-order chi connectivity index (χ1) is 8.66. The molecule has 0 radical (unpaired) electrons. The first-order valence-electron chi connectivity index (χ1n) is 6.44. The van der Waals surface area contributed by atoms with Crippen LogP contribution in [-0.2, 0) is 0 Å². The van der Waals surface area contributed by atoms with Crippen molar-refractivity contribution >= 4 is 5.84 Å². The van der Waals surface area contributed by atoms with Crippen LogP contribution in [0.4, 0.5) is 13.2 Å². The van der Waals surface area contributed by atoms with Gasteiger partial charge in [-0.2, -0.15) is 13.2 Å². The Labute approximate surface area is 111 Å². The lowest BCUT2D eigenvalue weighted by Crippen LogP contribution is -2.44. The van der Waals surface area contributed by atoms with Gasteiger partial charge in [-0.1, -0.05) is 19.0 Å². The number of nitrogens with two attached hydrogens (primary N) is 1. The maximum Gasteiger partial charge on any atom is 0.393 e. The van der Waals surface area contributed by atoms with Crippen LogP contribution in [0.25, 0.3) is 0 Å². The van der Waals surface area contributed by atoms with Crippen molar-refractivity contribution in [2.45, 2.75) is 39.3 Å². The molecule has 1 heterocycles. The second-order valence-corrected chi connectivity index (χ2v) is 5.80. The SMILES string of the molecule is CC(C)(CCN1CCCC(C(F)(F)F)C1)C(N)=NO. The summed E-state index contributed by atoms with van der Waals surface area (Å²) >= 11 is 0. The molecule has 0 aliphatic carbocycles. The maximum atomic E-state index is 12.7. The topological polar surface area (TPSA) is 61.8 Å². The van der Waals surface area contributed by atoms with Crippen LogP contribution in [0, 0.1) is 11.3 Å². The van der Waals surface area contributed by atoms with Crippen molar-refractivity contribution in [2.24, 2.45) is 22.2 Å². The molecule has 3 N–H and O–H groups in total. The van der Waals surface area contributed by atoms with Crippen LogP contribution in [0.3, 0.4) is 0 Å². The van der Waals surface area contributed by atoms with Crippen molar-refractivity contribution in [2.75, 3.05) is 19.6 Å². The minimum atomic E-state index is -4.11. The van der Waals surface area contributed by atoms with Gasteiger partial charge >= 0.3 is 6.18 Å². The van der Waals surface area contributed by atoms with Gasteiger partial charge in [0, 0.05) is 12.0 Å². The molecule has 0 aromatic rings. The second kappa shape index (κ2) is 5.98. The zero-order valence-electron chi connectivity index (χ0n) is 11.4. The Morgan fingerprint density at radius 3 is 2.58 bits per heavy atom. The fourth-order valence-electron chi connectivity index (χ4n) is 2.23. The van der Waals surface area contributed by atoms with Gasteiger partial charge < -0.3 is 15.8 Å². The molecule has 1 aliphatic heterocycles. The molecule has 1 rings (SSSR count). The average molecular weight is 281 g/mol. The molecule has 19 heavy (non-hydrogen) atoms. The van der Waals surface area contributed by atoms with E-state index in [-0.39, 0.29) is 18.8 Å². The molecule has 1 fully saturated rings. The third-order valence-electron chi connectivity index (χ3n) is 3.82. The molecule has 0 saturated carbocycles. The third-order valence-corrected chi connectivity index (χ3v) is 3.82. The summed E-state index contributed by atoms with van der Waals surface area (Å²) in [7, 11) is 0. The highest BCUT2D eigenvalue weighted by atomic mass is 19.4. The van der Waals surface area contributed by atoms with Crippen molar-refractivity contribution in [1.82, 2.24) is 4.90 Å². The highest BCUT2D eigenvalue weighted by Gasteiger charge is 2.41. The first kappa shape index (κ1) is 16.1. The van der Waals surface area contributed by atoms with E-state index in [0.29, 0.717) is 25.9 Å². The Balaban J connectivity index is 2.50. The van der Waals surface area contributed by atoms with Crippen molar-refractivity contribution in [3.8, 4) is 0 Å². The van der Waals surface area contributed by atoms with Crippen LogP contribution in [0.2, 0.25) is 0 Å². The van der Waals surface area contributed by atoms with Crippen LogP contribution >= 0.6 is 0 Å². The molecule has 0 amide bonds. The number of piperidine rings is 1. The lowest BCUT2D eigenvalue weighted by Gasteiger charge is -2.35. The van der Waals surface area contributed by atoms with Crippen LogP contribution in [0.5, 0.6) is 0 Å². The van der Waals surface area contributed by atoms with Gasteiger partial charge in [-0.15, -0.1) is 0 Å². The predicted molar refractivity (Wildman–Crippen MR) is 67.0 cm³/mol. The van der Waals surface area contributed by atoms with E-state index in [4.69, 9.17) is 10.9 Å². The van der Waals surface area contributed by atoms with Gasteiger partial charge in [-0.25, -0.2) is 0 Å². The number of hydrogen-bond acceptors (Lipinski definition) is 3. The summed E-state index contributed by atoms with van der Waals surface area (Å²) in [5.74, 6) is -1.12. The fourth-order valence-corrected chi connectivity index (χ4v) is 2.23. The molecular formula is C12H22F3N3O. The lowest BCUT2D eigenvalue weighted by atomic mass is 9.87. The molecule has 0 spiro atoms. The van der Waals surface area contributed by atoms with E-state index in [9.17, 15) is 13.2 Å². The third kappa shape index (κ3) is 4.56. The zero-order chi connectivity index (χ0) is 14.7. The lowest BCUT2D eigenvalue weighted by molar-refractivity contribution is -0.186. The molecule has 4 nitrogen and oxygen atoms in total. The van der Waals surface area contributed by atoms with E-state index in [1.54, 1.807) is 0 Å². The monoisotopic (exact) mass is 281 g/mol. The number of nitrogens with zero attached hydrogens (tertiary/aromatic N) is 2. The van der Waals surface area contributed by atoms with Crippen molar-refractivity contribution in [3.63, 3.8) is 0 Å². The van der Waals surface area contributed by atoms with Crippen LogP contribution in [0.15, 0.2) is 5.16 Å². The second-order valence-electron chi connectivity index (χ2n) is 5.80. The Bertz CT molecular complexity index is 329. The zero-order valence-corrected chi connectivity index (χ0v) is 11.4. The molecule has 1 saturated heterocycles. The number of amidine groups is 1. The highest BCUT2D eigenvalue weighted by Crippen LogP contribution is 2.33. The summed E-state index contributed by atoms with van der Waals surface area (Å²) in [5, 5.41) is 11.6. The van der Waals surface area contributed by atoms with E-state index < -0.39 is 17.5 Å². The number of likely N-dealkylation sites (tertiary alicyclic amines) is 1. The highest BCUT2D eigenvalue weighted by molar-refractivity contribution is 5.85.